The smallest absolute Gasteiger partial charge is 0.240 e. The van der Waals surface area contributed by atoms with E-state index in [9.17, 15) is 8.42 Å². The van der Waals surface area contributed by atoms with E-state index in [1.54, 1.807) is 31.4 Å². The van der Waals surface area contributed by atoms with Crippen molar-refractivity contribution in [2.24, 2.45) is 0 Å². The first kappa shape index (κ1) is 16.2. The number of morpholine rings is 1. The zero-order valence-corrected chi connectivity index (χ0v) is 13.2. The van der Waals surface area contributed by atoms with Gasteiger partial charge < -0.3 is 9.47 Å². The maximum atomic E-state index is 12.2. The lowest BCUT2D eigenvalue weighted by Gasteiger charge is -2.32. The van der Waals surface area contributed by atoms with Crippen LogP contribution in [-0.2, 0) is 14.8 Å². The molecule has 6 nitrogen and oxygen atoms in total. The van der Waals surface area contributed by atoms with Gasteiger partial charge in [0.1, 0.15) is 5.75 Å². The molecule has 2 rings (SSSR count). The lowest BCUT2D eigenvalue weighted by molar-refractivity contribution is 0.0213. The van der Waals surface area contributed by atoms with Gasteiger partial charge in [-0.1, -0.05) is 0 Å². The van der Waals surface area contributed by atoms with Gasteiger partial charge in [-0.15, -0.1) is 0 Å². The Labute approximate surface area is 126 Å². The second kappa shape index (κ2) is 7.22. The quantitative estimate of drug-likeness (QED) is 0.837. The van der Waals surface area contributed by atoms with Crippen molar-refractivity contribution in [3.05, 3.63) is 24.3 Å². The number of sulfonamides is 1. The Morgan fingerprint density at radius 3 is 2.48 bits per heavy atom. The molecule has 1 atom stereocenters. The summed E-state index contributed by atoms with van der Waals surface area (Å²) < 4.78 is 37.4. The first-order chi connectivity index (χ1) is 10.0. The van der Waals surface area contributed by atoms with Crippen LogP contribution < -0.4 is 9.46 Å². The summed E-state index contributed by atoms with van der Waals surface area (Å²) in [6, 6.07) is 6.50. The van der Waals surface area contributed by atoms with Crippen molar-refractivity contribution in [1.82, 2.24) is 9.62 Å². The molecule has 0 unspecified atom stereocenters. The molecule has 0 amide bonds. The van der Waals surface area contributed by atoms with E-state index in [1.165, 1.54) is 0 Å². The summed E-state index contributed by atoms with van der Waals surface area (Å²) in [7, 11) is -1.94. The number of hydrogen-bond donors (Lipinski definition) is 1. The Bertz CT molecular complexity index is 539. The van der Waals surface area contributed by atoms with Gasteiger partial charge in [0, 0.05) is 25.7 Å². The third-order valence-electron chi connectivity index (χ3n) is 3.61. The first-order valence-corrected chi connectivity index (χ1v) is 8.47. The Balaban J connectivity index is 1.93. The highest BCUT2D eigenvalue weighted by molar-refractivity contribution is 7.89. The maximum absolute atomic E-state index is 12.2. The summed E-state index contributed by atoms with van der Waals surface area (Å²) in [5.74, 6) is 0.635. The average Bonchev–Trinajstić information content (AvgIpc) is 2.53. The van der Waals surface area contributed by atoms with Gasteiger partial charge >= 0.3 is 0 Å². The molecule has 7 heteroatoms. The molecule has 1 heterocycles. The van der Waals surface area contributed by atoms with E-state index in [0.29, 0.717) is 25.5 Å². The van der Waals surface area contributed by atoms with Crippen LogP contribution >= 0.6 is 0 Å². The van der Waals surface area contributed by atoms with E-state index in [1.807, 2.05) is 6.92 Å². The lowest BCUT2D eigenvalue weighted by atomic mass is 10.2. The number of nitrogens with one attached hydrogen (secondary N) is 1. The summed E-state index contributed by atoms with van der Waals surface area (Å²) in [6.45, 7) is 5.48. The minimum atomic E-state index is -3.48. The molecule has 1 fully saturated rings. The Morgan fingerprint density at radius 2 is 1.90 bits per heavy atom. The largest absolute Gasteiger partial charge is 0.497 e. The molecule has 118 valence electrons. The molecule has 1 saturated heterocycles. The maximum Gasteiger partial charge on any atom is 0.240 e. The minimum absolute atomic E-state index is 0.141. The van der Waals surface area contributed by atoms with E-state index < -0.39 is 10.0 Å². The fourth-order valence-corrected chi connectivity index (χ4v) is 3.34. The Morgan fingerprint density at radius 1 is 1.29 bits per heavy atom. The zero-order chi connectivity index (χ0) is 15.3. The monoisotopic (exact) mass is 314 g/mol. The van der Waals surface area contributed by atoms with Crippen molar-refractivity contribution in [2.75, 3.05) is 40.0 Å². The van der Waals surface area contributed by atoms with Crippen molar-refractivity contribution in [3.63, 3.8) is 0 Å². The van der Waals surface area contributed by atoms with Crippen LogP contribution in [0.3, 0.4) is 0 Å². The predicted molar refractivity (Wildman–Crippen MR) is 80.0 cm³/mol. The summed E-state index contributed by atoms with van der Waals surface area (Å²) in [5.41, 5.74) is 0. The molecule has 1 aromatic carbocycles. The van der Waals surface area contributed by atoms with Gasteiger partial charge in [0.25, 0.3) is 0 Å². The van der Waals surface area contributed by atoms with E-state index in [-0.39, 0.29) is 10.9 Å². The summed E-state index contributed by atoms with van der Waals surface area (Å²) in [5, 5.41) is 0. The van der Waals surface area contributed by atoms with Gasteiger partial charge in [-0.3, -0.25) is 4.90 Å². The SMILES string of the molecule is COc1ccc(S(=O)(=O)NC[C@@H](C)N2CCOCC2)cc1. The first-order valence-electron chi connectivity index (χ1n) is 6.98. The van der Waals surface area contributed by atoms with Crippen molar-refractivity contribution < 1.29 is 17.9 Å². The number of hydrogen-bond acceptors (Lipinski definition) is 5. The number of methoxy groups -OCH3 is 1. The van der Waals surface area contributed by atoms with Gasteiger partial charge in [-0.2, -0.15) is 0 Å². The van der Waals surface area contributed by atoms with Gasteiger partial charge in [0.15, 0.2) is 0 Å². The van der Waals surface area contributed by atoms with Crippen molar-refractivity contribution >= 4 is 10.0 Å². The molecule has 1 N–H and O–H groups in total. The topological polar surface area (TPSA) is 67.9 Å². The van der Waals surface area contributed by atoms with Gasteiger partial charge in [0.2, 0.25) is 10.0 Å². The Hall–Kier alpha value is -1.15. The molecule has 0 aliphatic carbocycles. The van der Waals surface area contributed by atoms with Gasteiger partial charge in [-0.05, 0) is 31.2 Å². The average molecular weight is 314 g/mol. The van der Waals surface area contributed by atoms with Crippen molar-refractivity contribution in [3.8, 4) is 5.75 Å². The van der Waals surface area contributed by atoms with Crippen LogP contribution in [0.15, 0.2) is 29.2 Å². The molecular weight excluding hydrogens is 292 g/mol. The molecular formula is C14H22N2O4S. The normalized spacial score (nSPS) is 18.4. The molecule has 0 spiro atoms. The van der Waals surface area contributed by atoms with Crippen LogP contribution in [0.2, 0.25) is 0 Å². The minimum Gasteiger partial charge on any atom is -0.497 e. The molecule has 0 saturated carbocycles. The number of ether oxygens (including phenoxy) is 2. The van der Waals surface area contributed by atoms with E-state index >= 15 is 0 Å². The van der Waals surface area contributed by atoms with Gasteiger partial charge in [0.05, 0.1) is 25.2 Å². The fraction of sp³-hybridized carbons (Fsp3) is 0.571. The molecule has 21 heavy (non-hydrogen) atoms. The lowest BCUT2D eigenvalue weighted by Crippen LogP contribution is -2.47. The van der Waals surface area contributed by atoms with Crippen LogP contribution in [0.4, 0.5) is 0 Å². The summed E-state index contributed by atoms with van der Waals surface area (Å²) >= 11 is 0. The highest BCUT2D eigenvalue weighted by Gasteiger charge is 2.20. The third-order valence-corrected chi connectivity index (χ3v) is 5.05. The van der Waals surface area contributed by atoms with E-state index in [4.69, 9.17) is 9.47 Å². The van der Waals surface area contributed by atoms with Crippen LogP contribution in [0.1, 0.15) is 6.92 Å². The van der Waals surface area contributed by atoms with Crippen molar-refractivity contribution in [1.29, 1.82) is 0 Å². The highest BCUT2D eigenvalue weighted by Crippen LogP contribution is 2.15. The van der Waals surface area contributed by atoms with E-state index in [2.05, 4.69) is 9.62 Å². The summed E-state index contributed by atoms with van der Waals surface area (Å²) in [6.07, 6.45) is 0. The van der Waals surface area contributed by atoms with Gasteiger partial charge in [-0.25, -0.2) is 13.1 Å². The number of nitrogens with zero attached hydrogens (tertiary/aromatic N) is 1. The zero-order valence-electron chi connectivity index (χ0n) is 12.4. The number of rotatable bonds is 6. The van der Waals surface area contributed by atoms with Crippen LogP contribution in [0.5, 0.6) is 5.75 Å². The second-order valence-corrected chi connectivity index (χ2v) is 6.79. The third kappa shape index (κ3) is 4.41. The molecule has 0 bridgehead atoms. The fourth-order valence-electron chi connectivity index (χ4n) is 2.22. The summed E-state index contributed by atoms with van der Waals surface area (Å²) in [4.78, 5) is 2.47. The van der Waals surface area contributed by atoms with Crippen molar-refractivity contribution in [2.45, 2.75) is 17.9 Å². The van der Waals surface area contributed by atoms with Crippen LogP contribution in [0, 0.1) is 0 Å². The Kier molecular flexibility index (Phi) is 5.58. The number of benzene rings is 1. The van der Waals surface area contributed by atoms with Crippen LogP contribution in [-0.4, -0.2) is 59.3 Å². The van der Waals surface area contributed by atoms with E-state index in [0.717, 1.165) is 13.1 Å². The molecule has 0 radical (unpaired) electrons. The second-order valence-electron chi connectivity index (χ2n) is 5.02. The standard InChI is InChI=1S/C14H22N2O4S/c1-12(16-7-9-20-10-8-16)11-15-21(17,18)14-5-3-13(19-2)4-6-14/h3-6,12,15H,7-11H2,1-2H3/t12-/m1/s1. The van der Waals surface area contributed by atoms with Crippen LogP contribution in [0.25, 0.3) is 0 Å². The molecule has 1 aliphatic rings. The highest BCUT2D eigenvalue weighted by atomic mass is 32.2. The molecule has 1 aliphatic heterocycles. The molecule has 0 aromatic heterocycles. The predicted octanol–water partition coefficient (Wildman–Crippen LogP) is 0.694. The molecule has 1 aromatic rings.